The molecule has 0 saturated carbocycles. The zero-order valence-electron chi connectivity index (χ0n) is 14.2. The quantitative estimate of drug-likeness (QED) is 0.762. The van der Waals surface area contributed by atoms with Crippen LogP contribution < -0.4 is 20.7 Å². The van der Waals surface area contributed by atoms with Gasteiger partial charge < -0.3 is 20.7 Å². The number of anilines is 2. The van der Waals surface area contributed by atoms with Gasteiger partial charge >= 0.3 is 0 Å². The van der Waals surface area contributed by atoms with E-state index in [2.05, 4.69) is 16.0 Å². The Bertz CT molecular complexity index is 836. The fraction of sp³-hybridized carbons (Fsp3) is 0.211. The molecule has 1 heterocycles. The molecule has 1 atom stereocenters. The fourth-order valence-corrected chi connectivity index (χ4v) is 2.51. The number of carbonyl (C=O) groups excluding carboxylic acids is 3. The molecule has 0 aromatic heterocycles. The predicted octanol–water partition coefficient (Wildman–Crippen LogP) is 1.70. The first-order valence-electron chi connectivity index (χ1n) is 8.23. The Hall–Kier alpha value is -3.35. The van der Waals surface area contributed by atoms with Gasteiger partial charge in [-0.3, -0.25) is 14.4 Å². The molecule has 7 heteroatoms. The van der Waals surface area contributed by atoms with Gasteiger partial charge in [-0.1, -0.05) is 30.3 Å². The van der Waals surface area contributed by atoms with Crippen molar-refractivity contribution in [1.82, 2.24) is 5.32 Å². The molecule has 0 aliphatic carbocycles. The largest absolute Gasteiger partial charge is 0.479 e. The molecular formula is C19H19N3O4. The van der Waals surface area contributed by atoms with Crippen molar-refractivity contribution in [3.63, 3.8) is 0 Å². The van der Waals surface area contributed by atoms with Crippen molar-refractivity contribution in [2.24, 2.45) is 0 Å². The van der Waals surface area contributed by atoms with Crippen LogP contribution >= 0.6 is 0 Å². The van der Waals surface area contributed by atoms with Gasteiger partial charge in [-0.2, -0.15) is 0 Å². The van der Waals surface area contributed by atoms with Crippen molar-refractivity contribution < 1.29 is 19.1 Å². The lowest BCUT2D eigenvalue weighted by atomic mass is 10.1. The molecule has 0 bridgehead atoms. The Labute approximate surface area is 150 Å². The van der Waals surface area contributed by atoms with Crippen LogP contribution in [0.15, 0.2) is 48.5 Å². The number of hydrogen-bond donors (Lipinski definition) is 3. The monoisotopic (exact) mass is 353 g/mol. The van der Waals surface area contributed by atoms with Gasteiger partial charge in [-0.15, -0.1) is 0 Å². The zero-order chi connectivity index (χ0) is 18.5. The zero-order valence-corrected chi connectivity index (χ0v) is 14.2. The van der Waals surface area contributed by atoms with E-state index in [0.29, 0.717) is 17.1 Å². The number of nitrogens with one attached hydrogen (secondary N) is 3. The highest BCUT2D eigenvalue weighted by Gasteiger charge is 2.23. The Morgan fingerprint density at radius 3 is 2.65 bits per heavy atom. The van der Waals surface area contributed by atoms with Crippen LogP contribution in [0.25, 0.3) is 0 Å². The van der Waals surface area contributed by atoms with Crippen LogP contribution in [0.2, 0.25) is 0 Å². The summed E-state index contributed by atoms with van der Waals surface area (Å²) >= 11 is 0. The van der Waals surface area contributed by atoms with E-state index in [-0.39, 0.29) is 30.7 Å². The molecule has 0 saturated heterocycles. The van der Waals surface area contributed by atoms with Crippen molar-refractivity contribution in [2.75, 3.05) is 17.2 Å². The van der Waals surface area contributed by atoms with Crippen LogP contribution in [-0.4, -0.2) is 30.4 Å². The average molecular weight is 353 g/mol. The fourth-order valence-electron chi connectivity index (χ4n) is 2.51. The van der Waals surface area contributed by atoms with E-state index in [1.54, 1.807) is 25.1 Å². The van der Waals surface area contributed by atoms with E-state index in [0.717, 1.165) is 5.56 Å². The Morgan fingerprint density at radius 1 is 1.12 bits per heavy atom. The topological polar surface area (TPSA) is 96.5 Å². The Balaban J connectivity index is 1.51. The third-order valence-corrected chi connectivity index (χ3v) is 3.85. The van der Waals surface area contributed by atoms with Crippen LogP contribution in [0, 0.1) is 0 Å². The van der Waals surface area contributed by atoms with E-state index < -0.39 is 6.10 Å². The van der Waals surface area contributed by atoms with E-state index in [4.69, 9.17) is 4.74 Å². The van der Waals surface area contributed by atoms with Gasteiger partial charge in [-0.25, -0.2) is 0 Å². The molecule has 2 aromatic carbocycles. The van der Waals surface area contributed by atoms with Crippen LogP contribution in [0.3, 0.4) is 0 Å². The lowest BCUT2D eigenvalue weighted by Gasteiger charge is -2.23. The highest BCUT2D eigenvalue weighted by Crippen LogP contribution is 2.32. The minimum Gasteiger partial charge on any atom is -0.479 e. The number of rotatable bonds is 5. The number of amides is 3. The Morgan fingerprint density at radius 2 is 1.88 bits per heavy atom. The maximum atomic E-state index is 12.0. The summed E-state index contributed by atoms with van der Waals surface area (Å²) in [6.45, 7) is 1.52. The summed E-state index contributed by atoms with van der Waals surface area (Å²) in [4.78, 5) is 35.5. The molecule has 134 valence electrons. The van der Waals surface area contributed by atoms with Crippen molar-refractivity contribution in [3.05, 3.63) is 54.1 Å². The molecule has 0 fully saturated rings. The van der Waals surface area contributed by atoms with E-state index in [1.807, 2.05) is 30.3 Å². The van der Waals surface area contributed by atoms with Crippen molar-refractivity contribution in [3.8, 4) is 5.75 Å². The van der Waals surface area contributed by atoms with E-state index in [9.17, 15) is 14.4 Å². The van der Waals surface area contributed by atoms with E-state index >= 15 is 0 Å². The third kappa shape index (κ3) is 4.38. The normalized spacial score (nSPS) is 15.3. The summed E-state index contributed by atoms with van der Waals surface area (Å²) in [5, 5.41) is 7.97. The van der Waals surface area contributed by atoms with Crippen LogP contribution in [-0.2, 0) is 20.8 Å². The van der Waals surface area contributed by atoms with Crippen LogP contribution in [0.1, 0.15) is 12.5 Å². The standard InChI is InChI=1S/C19H19N3O4/c1-12-19(25)22-15-10-14(7-8-16(15)26-12)21-18(24)11-20-17(23)9-13-5-3-2-4-6-13/h2-8,10,12H,9,11H2,1H3,(H,20,23)(H,21,24)(H,22,25). The molecule has 1 aliphatic heterocycles. The highest BCUT2D eigenvalue weighted by molar-refractivity contribution is 5.99. The summed E-state index contributed by atoms with van der Waals surface area (Å²) in [5.41, 5.74) is 1.88. The Kier molecular flexibility index (Phi) is 5.17. The van der Waals surface area contributed by atoms with Gasteiger partial charge in [-0.05, 0) is 30.7 Å². The first kappa shape index (κ1) is 17.5. The molecule has 3 rings (SSSR count). The molecule has 3 amide bonds. The van der Waals surface area contributed by atoms with Crippen LogP contribution in [0.5, 0.6) is 5.75 Å². The summed E-state index contributed by atoms with van der Waals surface area (Å²) < 4.78 is 5.46. The molecule has 2 aromatic rings. The molecule has 3 N–H and O–H groups in total. The van der Waals surface area contributed by atoms with Crippen LogP contribution in [0.4, 0.5) is 11.4 Å². The summed E-state index contributed by atoms with van der Waals surface area (Å²) in [5.74, 6) is -0.283. The number of fused-ring (bicyclic) bond motifs is 1. The third-order valence-electron chi connectivity index (χ3n) is 3.85. The molecule has 0 spiro atoms. The van der Waals surface area contributed by atoms with E-state index in [1.165, 1.54) is 0 Å². The lowest BCUT2D eigenvalue weighted by Crippen LogP contribution is -2.35. The second kappa shape index (κ2) is 7.69. The van der Waals surface area contributed by atoms with Gasteiger partial charge in [0.25, 0.3) is 5.91 Å². The maximum absolute atomic E-state index is 12.0. The van der Waals surface area contributed by atoms with Gasteiger partial charge in [0, 0.05) is 5.69 Å². The molecule has 0 radical (unpaired) electrons. The minimum absolute atomic E-state index is 0.136. The molecule has 7 nitrogen and oxygen atoms in total. The molecule has 1 aliphatic rings. The van der Waals surface area contributed by atoms with Gasteiger partial charge in [0.15, 0.2) is 6.10 Å². The second-order valence-corrected chi connectivity index (χ2v) is 5.95. The molecular weight excluding hydrogens is 334 g/mol. The summed E-state index contributed by atoms with van der Waals surface area (Å²) in [6.07, 6.45) is -0.336. The first-order chi connectivity index (χ1) is 12.5. The van der Waals surface area contributed by atoms with Gasteiger partial charge in [0.2, 0.25) is 11.8 Å². The smallest absolute Gasteiger partial charge is 0.265 e. The highest BCUT2D eigenvalue weighted by atomic mass is 16.5. The van der Waals surface area contributed by atoms with Gasteiger partial charge in [0.1, 0.15) is 5.75 Å². The molecule has 26 heavy (non-hydrogen) atoms. The molecule has 1 unspecified atom stereocenters. The lowest BCUT2D eigenvalue weighted by molar-refractivity contribution is -0.123. The second-order valence-electron chi connectivity index (χ2n) is 5.95. The van der Waals surface area contributed by atoms with Crippen molar-refractivity contribution >= 4 is 29.1 Å². The predicted molar refractivity (Wildman–Crippen MR) is 96.9 cm³/mol. The maximum Gasteiger partial charge on any atom is 0.265 e. The van der Waals surface area contributed by atoms with Gasteiger partial charge in [0.05, 0.1) is 18.7 Å². The number of benzene rings is 2. The number of carbonyl (C=O) groups is 3. The number of ether oxygens (including phenoxy) is 1. The summed E-state index contributed by atoms with van der Waals surface area (Å²) in [6, 6.07) is 14.3. The van der Waals surface area contributed by atoms with Crippen molar-refractivity contribution in [2.45, 2.75) is 19.4 Å². The summed E-state index contributed by atoms with van der Waals surface area (Å²) in [7, 11) is 0. The minimum atomic E-state index is -0.553. The van der Waals surface area contributed by atoms with Crippen molar-refractivity contribution in [1.29, 1.82) is 0 Å². The first-order valence-corrected chi connectivity index (χ1v) is 8.23. The SMILES string of the molecule is CC1Oc2ccc(NC(=O)CNC(=O)Cc3ccccc3)cc2NC1=O. The number of hydrogen-bond acceptors (Lipinski definition) is 4. The average Bonchev–Trinajstić information content (AvgIpc) is 2.62.